The van der Waals surface area contributed by atoms with Crippen molar-refractivity contribution in [1.29, 1.82) is 0 Å². The molecule has 0 bridgehead atoms. The van der Waals surface area contributed by atoms with Crippen LogP contribution in [0.4, 0.5) is 0 Å². The lowest BCUT2D eigenvalue weighted by molar-refractivity contribution is 0.392. The molecular formula is C12H16N2O2S2. The number of nitrogens with zero attached hydrogens (tertiary/aromatic N) is 2. The Balaban J connectivity index is 2.12. The summed E-state index contributed by atoms with van der Waals surface area (Å²) in [5.74, 6) is 1.09. The molecule has 2 heterocycles. The highest BCUT2D eigenvalue weighted by Gasteiger charge is 2.19. The molecule has 0 spiro atoms. The topological polar surface area (TPSA) is 56.0 Å². The van der Waals surface area contributed by atoms with E-state index >= 15 is 0 Å². The molecule has 0 amide bonds. The molecule has 4 nitrogen and oxygen atoms in total. The van der Waals surface area contributed by atoms with Crippen LogP contribution in [0.1, 0.15) is 37.1 Å². The zero-order chi connectivity index (χ0) is 13.3. The molecular weight excluding hydrogens is 268 g/mol. The standard InChI is InChI=1S/C12H16N2O2S2/c1-8-5-9(14-16-8)7-18(15)11-13-6-10(17-11)12(2,3)4/h5-6H,7H2,1-4H3/t18-/m0/s1. The van der Waals surface area contributed by atoms with Crippen LogP contribution < -0.4 is 0 Å². The molecule has 18 heavy (non-hydrogen) atoms. The molecule has 0 N–H and O–H groups in total. The fourth-order valence-electron chi connectivity index (χ4n) is 1.39. The van der Waals surface area contributed by atoms with Crippen LogP contribution in [0.5, 0.6) is 0 Å². The van der Waals surface area contributed by atoms with Crippen molar-refractivity contribution in [3.63, 3.8) is 0 Å². The molecule has 0 fully saturated rings. The fraction of sp³-hybridized carbons (Fsp3) is 0.500. The summed E-state index contributed by atoms with van der Waals surface area (Å²) >= 11 is 1.50. The van der Waals surface area contributed by atoms with E-state index in [0.717, 1.165) is 10.6 Å². The number of aromatic nitrogens is 2. The van der Waals surface area contributed by atoms with Crippen LogP contribution in [0.25, 0.3) is 0 Å². The SMILES string of the molecule is Cc1cc(C[S@](=O)c2ncc(C(C)(C)C)s2)no1. The Morgan fingerprint density at radius 3 is 2.67 bits per heavy atom. The quantitative estimate of drug-likeness (QED) is 0.869. The van der Waals surface area contributed by atoms with Gasteiger partial charge in [-0.25, -0.2) is 4.98 Å². The fourth-order valence-corrected chi connectivity index (χ4v) is 3.61. The molecule has 0 unspecified atom stereocenters. The lowest BCUT2D eigenvalue weighted by Gasteiger charge is -2.14. The molecule has 1 atom stereocenters. The van der Waals surface area contributed by atoms with Gasteiger partial charge in [-0.2, -0.15) is 0 Å². The van der Waals surface area contributed by atoms with Crippen molar-refractivity contribution in [2.75, 3.05) is 0 Å². The molecule has 2 aromatic heterocycles. The van der Waals surface area contributed by atoms with Crippen molar-refractivity contribution in [2.45, 2.75) is 43.2 Å². The van der Waals surface area contributed by atoms with Gasteiger partial charge >= 0.3 is 0 Å². The maximum Gasteiger partial charge on any atom is 0.181 e. The first kappa shape index (κ1) is 13.4. The summed E-state index contributed by atoms with van der Waals surface area (Å²) in [7, 11) is -1.15. The van der Waals surface area contributed by atoms with Gasteiger partial charge in [0.25, 0.3) is 0 Å². The zero-order valence-electron chi connectivity index (χ0n) is 10.9. The molecule has 0 radical (unpaired) electrons. The highest BCUT2D eigenvalue weighted by Crippen LogP contribution is 2.29. The van der Waals surface area contributed by atoms with Gasteiger partial charge in [0.05, 0.1) is 22.2 Å². The summed E-state index contributed by atoms with van der Waals surface area (Å²) in [5, 5.41) is 3.85. The first-order valence-corrected chi connectivity index (χ1v) is 7.76. The van der Waals surface area contributed by atoms with Gasteiger partial charge in [0.15, 0.2) is 4.34 Å². The maximum atomic E-state index is 12.1. The van der Waals surface area contributed by atoms with Crippen molar-refractivity contribution < 1.29 is 8.73 Å². The van der Waals surface area contributed by atoms with Gasteiger partial charge in [-0.15, -0.1) is 11.3 Å². The Hall–Kier alpha value is -1.01. The van der Waals surface area contributed by atoms with Crippen molar-refractivity contribution >= 4 is 22.1 Å². The first-order chi connectivity index (χ1) is 8.36. The molecule has 0 saturated carbocycles. The Morgan fingerprint density at radius 2 is 2.17 bits per heavy atom. The average molecular weight is 284 g/mol. The largest absolute Gasteiger partial charge is 0.361 e. The van der Waals surface area contributed by atoms with Crippen LogP contribution in [-0.4, -0.2) is 14.3 Å². The zero-order valence-corrected chi connectivity index (χ0v) is 12.5. The van der Waals surface area contributed by atoms with E-state index in [0.29, 0.717) is 15.8 Å². The van der Waals surface area contributed by atoms with E-state index in [2.05, 4.69) is 30.9 Å². The molecule has 98 valence electrons. The van der Waals surface area contributed by atoms with E-state index in [1.807, 2.05) is 13.1 Å². The van der Waals surface area contributed by atoms with E-state index in [-0.39, 0.29) is 5.41 Å². The van der Waals surface area contributed by atoms with Crippen molar-refractivity contribution in [3.8, 4) is 0 Å². The van der Waals surface area contributed by atoms with E-state index in [1.54, 1.807) is 6.07 Å². The lowest BCUT2D eigenvalue weighted by Crippen LogP contribution is -2.07. The van der Waals surface area contributed by atoms with Gasteiger partial charge in [0.2, 0.25) is 0 Å². The lowest BCUT2D eigenvalue weighted by atomic mass is 9.96. The number of aryl methyl sites for hydroxylation is 1. The second-order valence-corrected chi connectivity index (χ2v) is 7.81. The third kappa shape index (κ3) is 3.05. The van der Waals surface area contributed by atoms with Gasteiger partial charge in [-0.1, -0.05) is 25.9 Å². The second-order valence-electron chi connectivity index (χ2n) is 5.16. The minimum Gasteiger partial charge on any atom is -0.361 e. The van der Waals surface area contributed by atoms with Crippen LogP contribution in [0.3, 0.4) is 0 Å². The van der Waals surface area contributed by atoms with Crippen molar-refractivity contribution in [1.82, 2.24) is 10.1 Å². The summed E-state index contributed by atoms with van der Waals surface area (Å²) in [6.07, 6.45) is 1.81. The normalized spacial score (nSPS) is 13.8. The Bertz CT molecular complexity index is 567. The number of hydrogen-bond donors (Lipinski definition) is 0. The van der Waals surface area contributed by atoms with Gasteiger partial charge in [-0.05, 0) is 12.3 Å². The highest BCUT2D eigenvalue weighted by molar-refractivity contribution is 7.86. The van der Waals surface area contributed by atoms with Crippen LogP contribution in [-0.2, 0) is 22.0 Å². The molecule has 2 aromatic rings. The highest BCUT2D eigenvalue weighted by atomic mass is 32.2. The number of hydrogen-bond acceptors (Lipinski definition) is 5. The third-order valence-electron chi connectivity index (χ3n) is 2.37. The number of thiazole rings is 1. The average Bonchev–Trinajstić information content (AvgIpc) is 2.85. The van der Waals surface area contributed by atoms with E-state index < -0.39 is 10.8 Å². The van der Waals surface area contributed by atoms with Crippen molar-refractivity contribution in [2.24, 2.45) is 0 Å². The van der Waals surface area contributed by atoms with Crippen LogP contribution in [0, 0.1) is 6.92 Å². The Labute approximate surface area is 113 Å². The van der Waals surface area contributed by atoms with E-state index in [4.69, 9.17) is 4.52 Å². The van der Waals surface area contributed by atoms with Crippen LogP contribution in [0.15, 0.2) is 21.1 Å². The van der Waals surface area contributed by atoms with Gasteiger partial charge in [-0.3, -0.25) is 4.21 Å². The van der Waals surface area contributed by atoms with E-state index in [1.165, 1.54) is 11.3 Å². The van der Waals surface area contributed by atoms with E-state index in [9.17, 15) is 4.21 Å². The third-order valence-corrected chi connectivity index (χ3v) is 5.45. The molecule has 6 heteroatoms. The molecule has 0 saturated heterocycles. The molecule has 0 aliphatic heterocycles. The second kappa shape index (κ2) is 4.93. The maximum absolute atomic E-state index is 12.1. The van der Waals surface area contributed by atoms with Crippen LogP contribution >= 0.6 is 11.3 Å². The summed E-state index contributed by atoms with van der Waals surface area (Å²) in [6, 6.07) is 1.80. The Morgan fingerprint density at radius 1 is 1.44 bits per heavy atom. The summed E-state index contributed by atoms with van der Waals surface area (Å²) < 4.78 is 17.8. The minimum absolute atomic E-state index is 0.0462. The minimum atomic E-state index is -1.15. The molecule has 0 aromatic carbocycles. The monoisotopic (exact) mass is 284 g/mol. The predicted molar refractivity (Wildman–Crippen MR) is 72.2 cm³/mol. The van der Waals surface area contributed by atoms with Crippen molar-refractivity contribution in [3.05, 3.63) is 28.6 Å². The number of rotatable bonds is 3. The summed E-state index contributed by atoms with van der Waals surface area (Å²) in [6.45, 7) is 8.18. The molecule has 0 aliphatic rings. The molecule has 0 aliphatic carbocycles. The van der Waals surface area contributed by atoms with Gasteiger partial charge in [0.1, 0.15) is 5.76 Å². The summed E-state index contributed by atoms with van der Waals surface area (Å²) in [5.41, 5.74) is 0.753. The van der Waals surface area contributed by atoms with Gasteiger partial charge < -0.3 is 4.52 Å². The van der Waals surface area contributed by atoms with Gasteiger partial charge in [0, 0.05) is 17.1 Å². The van der Waals surface area contributed by atoms with Crippen LogP contribution in [0.2, 0.25) is 0 Å². The smallest absolute Gasteiger partial charge is 0.181 e. The first-order valence-electron chi connectivity index (χ1n) is 5.63. The molecule has 2 rings (SSSR count). The summed E-state index contributed by atoms with van der Waals surface area (Å²) in [4.78, 5) is 5.39. The predicted octanol–water partition coefficient (Wildman–Crippen LogP) is 3.04. The Kier molecular flexibility index (Phi) is 3.68.